The zero-order chi connectivity index (χ0) is 28.6. The van der Waals surface area contributed by atoms with Gasteiger partial charge in [0.15, 0.2) is 0 Å². The van der Waals surface area contributed by atoms with Gasteiger partial charge in [-0.15, -0.1) is 0 Å². The molecule has 12 heteroatoms. The SMILES string of the molecule is COc1ncc(-c2ccc3[nH]c(N)[n+](-c4ccc(N5CCOCC5)cc4)c3c2)cc1S(=O)(=O)Nc1ccccc1F. The Bertz CT molecular complexity index is 1840. The lowest BCUT2D eigenvalue weighted by Gasteiger charge is -2.28. The Morgan fingerprint density at radius 3 is 2.54 bits per heavy atom. The Kier molecular flexibility index (Phi) is 6.93. The van der Waals surface area contributed by atoms with E-state index in [9.17, 15) is 12.8 Å². The third-order valence-corrected chi connectivity index (χ3v) is 8.34. The molecule has 3 heterocycles. The summed E-state index contributed by atoms with van der Waals surface area (Å²) in [6.07, 6.45) is 1.53. The van der Waals surface area contributed by atoms with E-state index in [1.165, 1.54) is 43.6 Å². The zero-order valence-electron chi connectivity index (χ0n) is 22.2. The molecule has 4 N–H and O–H groups in total. The van der Waals surface area contributed by atoms with Gasteiger partial charge in [0.1, 0.15) is 27.4 Å². The molecule has 0 amide bonds. The molecule has 0 bridgehead atoms. The molecule has 0 unspecified atom stereocenters. The molecule has 0 radical (unpaired) electrons. The predicted molar refractivity (Wildman–Crippen MR) is 154 cm³/mol. The number of hydrogen-bond acceptors (Lipinski definition) is 7. The number of benzene rings is 3. The molecule has 0 aliphatic carbocycles. The molecule has 1 fully saturated rings. The maximum Gasteiger partial charge on any atom is 0.358 e. The maximum atomic E-state index is 14.2. The average molecular weight is 576 g/mol. The molecule has 3 aromatic carbocycles. The number of methoxy groups -OCH3 is 1. The number of nitrogens with two attached hydrogens (primary N) is 1. The summed E-state index contributed by atoms with van der Waals surface area (Å²) in [5, 5.41) is 0. The first-order valence-electron chi connectivity index (χ1n) is 12.9. The van der Waals surface area contributed by atoms with Gasteiger partial charge in [-0.1, -0.05) is 18.2 Å². The van der Waals surface area contributed by atoms with E-state index in [4.69, 9.17) is 15.2 Å². The number of ether oxygens (including phenoxy) is 2. The zero-order valence-corrected chi connectivity index (χ0v) is 23.0. The minimum absolute atomic E-state index is 0.111. The first-order valence-corrected chi connectivity index (χ1v) is 14.4. The van der Waals surface area contributed by atoms with Crippen LogP contribution in [0.3, 0.4) is 0 Å². The number of nitrogens with one attached hydrogen (secondary N) is 2. The first kappa shape index (κ1) is 26.5. The summed E-state index contributed by atoms with van der Waals surface area (Å²) in [4.78, 5) is 9.50. The molecule has 41 heavy (non-hydrogen) atoms. The number of H-pyrrole nitrogens is 1. The molecule has 5 aromatic rings. The molecule has 2 aromatic heterocycles. The number of morpholine rings is 1. The number of fused-ring (bicyclic) bond motifs is 1. The van der Waals surface area contributed by atoms with Crippen LogP contribution < -0.4 is 24.7 Å². The number of anilines is 3. The number of imidazole rings is 1. The van der Waals surface area contributed by atoms with E-state index >= 15 is 0 Å². The third kappa shape index (κ3) is 5.14. The molecule has 10 nitrogen and oxygen atoms in total. The summed E-state index contributed by atoms with van der Waals surface area (Å²) in [5.74, 6) is -0.362. The van der Waals surface area contributed by atoms with Gasteiger partial charge in [-0.25, -0.2) is 22.8 Å². The van der Waals surface area contributed by atoms with Gasteiger partial charge in [-0.3, -0.25) is 10.5 Å². The van der Waals surface area contributed by atoms with E-state index in [0.29, 0.717) is 30.3 Å². The summed E-state index contributed by atoms with van der Waals surface area (Å²) >= 11 is 0. The van der Waals surface area contributed by atoms with Crippen LogP contribution in [-0.2, 0) is 14.8 Å². The van der Waals surface area contributed by atoms with Crippen molar-refractivity contribution < 1.29 is 26.8 Å². The van der Waals surface area contributed by atoms with Gasteiger partial charge >= 0.3 is 5.95 Å². The Morgan fingerprint density at radius 2 is 1.80 bits per heavy atom. The number of aromatic nitrogens is 3. The highest BCUT2D eigenvalue weighted by Gasteiger charge is 2.24. The quantitative estimate of drug-likeness (QED) is 0.252. The molecular formula is C29H28FN6O4S+. The van der Waals surface area contributed by atoms with Crippen LogP contribution in [0.4, 0.5) is 21.7 Å². The van der Waals surface area contributed by atoms with Crippen molar-refractivity contribution in [1.82, 2.24) is 9.97 Å². The van der Waals surface area contributed by atoms with Crippen LogP contribution in [0.25, 0.3) is 27.8 Å². The minimum atomic E-state index is -4.23. The number of nitrogens with zero attached hydrogens (tertiary/aromatic N) is 3. The Hall–Kier alpha value is -4.68. The minimum Gasteiger partial charge on any atom is -0.480 e. The van der Waals surface area contributed by atoms with E-state index < -0.39 is 15.8 Å². The number of nitrogen functional groups attached to an aromatic ring is 1. The molecule has 1 saturated heterocycles. The van der Waals surface area contributed by atoms with E-state index in [1.54, 1.807) is 0 Å². The van der Waals surface area contributed by atoms with Gasteiger partial charge in [0, 0.05) is 30.5 Å². The fourth-order valence-corrected chi connectivity index (χ4v) is 6.13. The topological polar surface area (TPSA) is 126 Å². The van der Waals surface area contributed by atoms with Crippen molar-refractivity contribution in [1.29, 1.82) is 0 Å². The van der Waals surface area contributed by atoms with Crippen molar-refractivity contribution in [3.8, 4) is 22.7 Å². The molecule has 1 aliphatic rings. The van der Waals surface area contributed by atoms with Crippen LogP contribution in [0.1, 0.15) is 0 Å². The van der Waals surface area contributed by atoms with E-state index in [0.717, 1.165) is 35.5 Å². The molecule has 210 valence electrons. The molecule has 0 saturated carbocycles. The van der Waals surface area contributed by atoms with Gasteiger partial charge in [0.2, 0.25) is 5.88 Å². The summed E-state index contributed by atoms with van der Waals surface area (Å²) in [5.41, 5.74) is 11.0. The first-order chi connectivity index (χ1) is 19.8. The highest BCUT2D eigenvalue weighted by atomic mass is 32.2. The van der Waals surface area contributed by atoms with Crippen LogP contribution in [-0.4, -0.2) is 51.8 Å². The molecule has 6 rings (SSSR count). The lowest BCUT2D eigenvalue weighted by molar-refractivity contribution is -0.550. The van der Waals surface area contributed by atoms with E-state index in [2.05, 4.69) is 31.7 Å². The van der Waals surface area contributed by atoms with Crippen LogP contribution in [0, 0.1) is 5.82 Å². The molecular weight excluding hydrogens is 547 g/mol. The van der Waals surface area contributed by atoms with E-state index in [-0.39, 0.29) is 16.5 Å². The molecule has 0 atom stereocenters. The maximum absolute atomic E-state index is 14.2. The van der Waals surface area contributed by atoms with Crippen molar-refractivity contribution in [2.24, 2.45) is 0 Å². The lowest BCUT2D eigenvalue weighted by atomic mass is 10.1. The largest absolute Gasteiger partial charge is 0.480 e. The number of para-hydroxylation sites is 1. The summed E-state index contributed by atoms with van der Waals surface area (Å²) in [6.45, 7) is 3.09. The van der Waals surface area contributed by atoms with Crippen LogP contribution in [0.5, 0.6) is 5.88 Å². The molecule has 1 aliphatic heterocycles. The Labute approximate surface area is 236 Å². The van der Waals surface area contributed by atoms with Crippen LogP contribution >= 0.6 is 0 Å². The summed E-state index contributed by atoms with van der Waals surface area (Å²) < 4.78 is 55.6. The normalized spacial score (nSPS) is 13.9. The fraction of sp³-hybridized carbons (Fsp3) is 0.172. The van der Waals surface area contributed by atoms with Crippen molar-refractivity contribution in [3.05, 3.63) is 84.8 Å². The average Bonchev–Trinajstić information content (AvgIpc) is 3.33. The van der Waals surface area contributed by atoms with Gasteiger partial charge in [-0.2, -0.15) is 4.57 Å². The highest BCUT2D eigenvalue weighted by Crippen LogP contribution is 2.31. The second-order valence-corrected chi connectivity index (χ2v) is 11.2. The van der Waals surface area contributed by atoms with Crippen molar-refractivity contribution >= 4 is 38.4 Å². The van der Waals surface area contributed by atoms with Gasteiger partial charge in [0.25, 0.3) is 10.0 Å². The Morgan fingerprint density at radius 1 is 1.05 bits per heavy atom. The summed E-state index contributed by atoms with van der Waals surface area (Å²) in [7, 11) is -2.91. The third-order valence-electron chi connectivity index (χ3n) is 6.98. The lowest BCUT2D eigenvalue weighted by Crippen LogP contribution is -2.36. The van der Waals surface area contributed by atoms with Gasteiger partial charge < -0.3 is 14.4 Å². The number of rotatable bonds is 7. The van der Waals surface area contributed by atoms with Crippen LogP contribution in [0.2, 0.25) is 0 Å². The molecule has 0 spiro atoms. The van der Waals surface area contributed by atoms with E-state index in [1.807, 2.05) is 34.9 Å². The van der Waals surface area contributed by atoms with Crippen molar-refractivity contribution in [2.45, 2.75) is 4.90 Å². The number of hydrogen-bond donors (Lipinski definition) is 3. The summed E-state index contributed by atoms with van der Waals surface area (Å²) in [6, 6.07) is 20.7. The fourth-order valence-electron chi connectivity index (χ4n) is 4.92. The smallest absolute Gasteiger partial charge is 0.358 e. The van der Waals surface area contributed by atoms with Crippen molar-refractivity contribution in [2.75, 3.05) is 48.8 Å². The standard InChI is InChI=1S/C29H27FN6O4S/c1-39-28-27(41(37,38)34-24-5-3-2-4-23(24)30)17-20(18-32-28)19-6-11-25-26(16-19)36(29(31)33-25)22-9-7-21(8-10-22)35-12-14-40-15-13-35/h2-11,16-18,34H,12-15H2,1H3,(H2,31,33)/p+1. The number of halogens is 1. The van der Waals surface area contributed by atoms with Gasteiger partial charge in [0.05, 0.1) is 26.0 Å². The highest BCUT2D eigenvalue weighted by molar-refractivity contribution is 7.92. The van der Waals surface area contributed by atoms with Crippen LogP contribution in [0.15, 0.2) is 83.9 Å². The number of sulfonamides is 1. The number of pyridine rings is 1. The predicted octanol–water partition coefficient (Wildman–Crippen LogP) is 3.87. The second-order valence-electron chi connectivity index (χ2n) is 9.51. The number of aromatic amines is 1. The van der Waals surface area contributed by atoms with Crippen molar-refractivity contribution in [3.63, 3.8) is 0 Å². The second kappa shape index (κ2) is 10.7. The Balaban J connectivity index is 1.38. The van der Waals surface area contributed by atoms with Gasteiger partial charge in [-0.05, 0) is 60.2 Å². The monoisotopic (exact) mass is 575 g/mol.